The van der Waals surface area contributed by atoms with E-state index in [1.807, 2.05) is 0 Å². The van der Waals surface area contributed by atoms with Crippen molar-refractivity contribution in [2.24, 2.45) is 50.2 Å². The molecule has 90 heavy (non-hydrogen) atoms. The number of carbonyl (C=O) groups excluding carboxylic acids is 2. The molecule has 8 rings (SSSR count). The zero-order valence-electron chi connectivity index (χ0n) is 54.2. The van der Waals surface area contributed by atoms with Gasteiger partial charge >= 0.3 is 17.9 Å². The van der Waals surface area contributed by atoms with E-state index in [9.17, 15) is 70.6 Å². The van der Waals surface area contributed by atoms with Crippen molar-refractivity contribution in [1.29, 1.82) is 0 Å². The summed E-state index contributed by atoms with van der Waals surface area (Å²) >= 11 is 0. The van der Waals surface area contributed by atoms with Crippen molar-refractivity contribution < 1.29 is 436 Å². The van der Waals surface area contributed by atoms with Crippen LogP contribution >= 0.6 is 0 Å². The van der Waals surface area contributed by atoms with Crippen LogP contribution in [0.3, 0.4) is 0 Å². The van der Waals surface area contributed by atoms with Gasteiger partial charge in [-0.2, -0.15) is 0 Å². The van der Waals surface area contributed by atoms with Crippen LogP contribution in [-0.4, -0.2) is 205 Å². The molecule has 11 N–H and O–H groups in total. The Bertz CT molecular complexity index is 2360. The normalized spacial score (nSPS) is 41.7. The van der Waals surface area contributed by atoms with Crippen molar-refractivity contribution in [2.75, 3.05) is 26.9 Å². The molecule has 22 nitrogen and oxygen atoms in total. The molecule has 0 aromatic carbocycles. The molecule has 4 saturated carbocycles. The molecule has 5 aliphatic carbocycles. The molecule has 0 aromatic rings. The van der Waals surface area contributed by atoms with Crippen LogP contribution in [0, 0.1) is 50.2 Å². The van der Waals surface area contributed by atoms with E-state index in [2.05, 4.69) is 54.5 Å². The van der Waals surface area contributed by atoms with Gasteiger partial charge < -0.3 is 94.1 Å². The smallest absolute Gasteiger partial charge is 0.335 e. The fourth-order valence-electron chi connectivity index (χ4n) is 16.0. The first-order valence-corrected chi connectivity index (χ1v) is 28.4. The van der Waals surface area contributed by atoms with Gasteiger partial charge in [0.15, 0.2) is 31.1 Å². The first-order valence-electron chi connectivity index (χ1n) is 28.4. The molecule has 0 aromatic heterocycles. The number of esters is 2. The van der Waals surface area contributed by atoms with E-state index in [0.29, 0.717) is 41.2 Å². The number of aliphatic hydroxyl groups excluding tert-OH is 10. The van der Waals surface area contributed by atoms with Gasteiger partial charge in [0, 0.05) is 351 Å². The Morgan fingerprint density at radius 1 is 0.589 bits per heavy atom. The molecule has 0 amide bonds. The van der Waals surface area contributed by atoms with Gasteiger partial charge in [-0.15, -0.1) is 0 Å². The fourth-order valence-corrected chi connectivity index (χ4v) is 16.0. The molecule has 32 heteroatoms. The van der Waals surface area contributed by atoms with Crippen LogP contribution in [0.25, 0.3) is 0 Å². The van der Waals surface area contributed by atoms with Gasteiger partial charge in [-0.05, 0) is 112 Å². The zero-order chi connectivity index (χ0) is 59.6. The van der Waals surface area contributed by atoms with Crippen LogP contribution in [0.1, 0.15) is 128 Å². The second kappa shape index (κ2) is 43.1. The number of methoxy groups -OCH3 is 1. The average Bonchev–Trinajstić information content (AvgIpc) is 0.729. The largest absolute Gasteiger partial charge is 0.479 e. The fraction of sp³-hybridized carbons (Fsp3) is 0.845. The summed E-state index contributed by atoms with van der Waals surface area (Å²) in [5.74, 6) is -1.65. The van der Waals surface area contributed by atoms with Crippen molar-refractivity contribution in [3.05, 3.63) is 34.9 Å². The summed E-state index contributed by atoms with van der Waals surface area (Å²) in [7, 11) is 1.11. The summed E-state index contributed by atoms with van der Waals surface area (Å²) < 4.78 is 44.5. The molecule has 486 valence electrons. The van der Waals surface area contributed by atoms with Crippen LogP contribution in [0.2, 0.25) is 0 Å². The molecule has 3 aliphatic heterocycles. The van der Waals surface area contributed by atoms with E-state index in [1.54, 1.807) is 39.8 Å². The van der Waals surface area contributed by atoms with Crippen LogP contribution in [-0.2, 0) is 379 Å². The average molecular weight is 2030 g/mol. The SMILES string of the molecule is C/C=C(/C)C(=O)O[C@H]1[C@H](OC(=O)/C(C)=C\C)[C@@]2(CO)C(CC1(C)C)C1=CCC3[C@@]4(C)CCCC(C)(C)C4CC[C@@]3(C)[C@]1(C)C[C@H]2O.CO[C@@H]1OC(C(=O)O)[C@@H](O)[C@@H](O[C@@H]2O[C@@H](CO)[C@@H](O)C2O)C1O[C@@H]1OC(CO)[C@H](O)[C@@H](O)C1O.[Y].[Y].[Y].[Y].[Y].[Y].[Y].[Y].[Y].[Y]. The molecule has 0 bridgehead atoms. The van der Waals surface area contributed by atoms with Gasteiger partial charge in [-0.3, -0.25) is 0 Å². The summed E-state index contributed by atoms with van der Waals surface area (Å²) in [5.41, 5.74) is 0.627. The van der Waals surface area contributed by atoms with Gasteiger partial charge in [-0.25, -0.2) is 14.4 Å². The molecule has 8 aliphatic rings. The van der Waals surface area contributed by atoms with E-state index in [0.717, 1.165) is 20.0 Å². The van der Waals surface area contributed by atoms with Gasteiger partial charge in [-0.1, -0.05) is 78.7 Å². The second-order valence-electron chi connectivity index (χ2n) is 26.1. The number of hydrogen-bond acceptors (Lipinski definition) is 21. The molecule has 8 unspecified atom stereocenters. The van der Waals surface area contributed by atoms with E-state index in [1.165, 1.54) is 31.3 Å². The molecule has 3 saturated heterocycles. The van der Waals surface area contributed by atoms with Crippen molar-refractivity contribution in [2.45, 2.75) is 232 Å². The molecule has 7 fully saturated rings. The van der Waals surface area contributed by atoms with Crippen molar-refractivity contribution in [1.82, 2.24) is 0 Å². The summed E-state index contributed by atoms with van der Waals surface area (Å²) in [6.45, 7) is 21.7. The van der Waals surface area contributed by atoms with Crippen LogP contribution in [0.5, 0.6) is 0 Å². The van der Waals surface area contributed by atoms with Crippen LogP contribution in [0.4, 0.5) is 0 Å². The molecule has 3 heterocycles. The predicted molar refractivity (Wildman–Crippen MR) is 282 cm³/mol. The Labute approximate surface area is 782 Å². The van der Waals surface area contributed by atoms with E-state index in [-0.39, 0.29) is 356 Å². The Balaban J connectivity index is -0.000000765. The monoisotopic (exact) mass is 2030 g/mol. The second-order valence-corrected chi connectivity index (χ2v) is 26.1. The third-order valence-corrected chi connectivity index (χ3v) is 21.0. The Morgan fingerprint density at radius 3 is 1.53 bits per heavy atom. The van der Waals surface area contributed by atoms with Crippen molar-refractivity contribution in [3.63, 3.8) is 0 Å². The third kappa shape index (κ3) is 20.6. The number of aliphatic hydroxyl groups is 10. The topological polar surface area (TPSA) is 348 Å². The van der Waals surface area contributed by atoms with E-state index < -0.39 is 146 Å². The number of carboxylic acid groups (broad SMARTS) is 1. The molecule has 0 spiro atoms. The number of carboxylic acids is 1. The summed E-state index contributed by atoms with van der Waals surface area (Å²) in [4.78, 5) is 38.4. The number of rotatable bonds is 13. The Kier molecular flexibility index (Phi) is 50.0. The molecule has 10 radical (unpaired) electrons. The number of hydrogen-bond donors (Lipinski definition) is 11. The van der Waals surface area contributed by atoms with Crippen LogP contribution in [0.15, 0.2) is 34.9 Å². The number of ether oxygens (including phenoxy) is 8. The van der Waals surface area contributed by atoms with Gasteiger partial charge in [0.25, 0.3) is 0 Å². The maximum atomic E-state index is 13.5. The number of aliphatic carboxylic acids is 1. The predicted octanol–water partition coefficient (Wildman–Crippen LogP) is 1.90. The summed E-state index contributed by atoms with van der Waals surface area (Å²) in [6.07, 6.45) is -12.1. The first kappa shape index (κ1) is 104. The van der Waals surface area contributed by atoms with Gasteiger partial charge in [0.1, 0.15) is 67.1 Å². The molecular formula is C58H92O22Y10. The van der Waals surface area contributed by atoms with E-state index in [4.69, 9.17) is 37.9 Å². The summed E-state index contributed by atoms with van der Waals surface area (Å²) in [6, 6.07) is 0. The van der Waals surface area contributed by atoms with Gasteiger partial charge in [0.05, 0.1) is 31.3 Å². The molecular weight excluding hydrogens is 1940 g/mol. The van der Waals surface area contributed by atoms with E-state index >= 15 is 0 Å². The number of allylic oxidation sites excluding steroid dienone is 4. The third-order valence-electron chi connectivity index (χ3n) is 21.0. The van der Waals surface area contributed by atoms with Crippen molar-refractivity contribution in [3.8, 4) is 0 Å². The minimum absolute atomic E-state index is 0. The first-order chi connectivity index (χ1) is 37.3. The Hall–Kier alpha value is 8.03. The standard InChI is InChI=1S/C40H62O6.C18H30O16.10Y/c1-12-24(3)33(43)45-31-32(46-34(44)25(4)13-2)40(23-41)27(21-36(31,7)8)26-15-16-29-37(9)19-14-18-35(5,6)28(37)17-20-38(29,10)39(26,11)22-30(40)42;1-29-18-14(34-17-10(25)8(23)6(21)4(2-19)30-17)12(11(26)13(33-18)15(27)28)32-16-9(24)7(22)5(3-20)31-16;;;;;;;;;;/h12-13,15,27-32,41-42H,14,16-23H2,1-11H3;4-14,16-26H,2-3H2,1H3,(H,27,28);;;;;;;;;;/b24-12-,25-13-;;;;;;;;;;;/t27?,28?,29?,30-,31+,32+,37+,38-,39-,40+;4?,5-,6-,7+,8+,9?,10?,11-,12+,13?,14?,16-,17-,18+;;;;;;;;;;/m10........../s1. The minimum Gasteiger partial charge on any atom is -0.479 e. The quantitative estimate of drug-likeness (QED) is 0.0713. The maximum Gasteiger partial charge on any atom is 0.335 e. The van der Waals surface area contributed by atoms with Crippen molar-refractivity contribution >= 4 is 17.9 Å². The van der Waals surface area contributed by atoms with Gasteiger partial charge in [0.2, 0.25) is 0 Å². The maximum absolute atomic E-state index is 13.5. The zero-order valence-corrected chi connectivity index (χ0v) is 82.6. The number of carbonyl (C=O) groups is 3. The molecule has 24 atom stereocenters. The summed E-state index contributed by atoms with van der Waals surface area (Å²) in [5, 5.41) is 113. The number of fused-ring (bicyclic) bond motifs is 7. The minimum atomic E-state index is -1.97. The van der Waals surface area contributed by atoms with Crippen LogP contribution < -0.4 is 0 Å². The Morgan fingerprint density at radius 2 is 1.07 bits per heavy atom.